The molecule has 0 amide bonds. The van der Waals surface area contributed by atoms with Crippen molar-refractivity contribution in [2.45, 2.75) is 26.7 Å². The van der Waals surface area contributed by atoms with Crippen LogP contribution in [-0.4, -0.2) is 34.1 Å². The molecule has 0 spiro atoms. The molecule has 1 N–H and O–H groups in total. The van der Waals surface area contributed by atoms with Crippen LogP contribution in [-0.2, 0) is 4.74 Å². The van der Waals surface area contributed by atoms with E-state index in [-0.39, 0.29) is 5.92 Å². The first kappa shape index (κ1) is 15.4. The van der Waals surface area contributed by atoms with Gasteiger partial charge in [0, 0.05) is 30.2 Å². The summed E-state index contributed by atoms with van der Waals surface area (Å²) in [5.74, 6) is 0.389. The van der Waals surface area contributed by atoms with E-state index in [0.29, 0.717) is 30.4 Å². The number of carbonyl (C=O) groups excluding carboxylic acids is 1. The van der Waals surface area contributed by atoms with Crippen LogP contribution in [0.1, 0.15) is 40.8 Å². The molecular weight excluding hydrogens is 288 g/mol. The van der Waals surface area contributed by atoms with Crippen molar-refractivity contribution >= 4 is 23.3 Å². The number of nitrogens with one attached hydrogen (secondary N) is 1. The third-order valence-electron chi connectivity index (χ3n) is 2.91. The Morgan fingerprint density at radius 3 is 2.90 bits per heavy atom. The second kappa shape index (κ2) is 7.12. The van der Waals surface area contributed by atoms with E-state index in [0.717, 1.165) is 5.01 Å². The molecule has 0 radical (unpaired) electrons. The SMILES string of the molecule is CCOC(=O)c1cnc(NCC(C)c2nccs2)nc1C. The lowest BCUT2D eigenvalue weighted by Gasteiger charge is -2.11. The van der Waals surface area contributed by atoms with Gasteiger partial charge in [-0.1, -0.05) is 6.92 Å². The van der Waals surface area contributed by atoms with Crippen LogP contribution >= 0.6 is 11.3 Å². The van der Waals surface area contributed by atoms with E-state index in [1.54, 1.807) is 31.4 Å². The average Bonchev–Trinajstić information content (AvgIpc) is 2.99. The lowest BCUT2D eigenvalue weighted by Crippen LogP contribution is -2.14. The predicted molar refractivity (Wildman–Crippen MR) is 81.7 cm³/mol. The number of aromatic nitrogens is 3. The van der Waals surface area contributed by atoms with Crippen molar-refractivity contribution in [3.8, 4) is 0 Å². The first-order valence-corrected chi connectivity index (χ1v) is 7.63. The van der Waals surface area contributed by atoms with E-state index in [4.69, 9.17) is 4.74 Å². The van der Waals surface area contributed by atoms with Gasteiger partial charge in [-0.15, -0.1) is 11.3 Å². The Kier molecular flexibility index (Phi) is 5.21. The highest BCUT2D eigenvalue weighted by molar-refractivity contribution is 7.09. The minimum Gasteiger partial charge on any atom is -0.462 e. The normalized spacial score (nSPS) is 12.0. The van der Waals surface area contributed by atoms with Crippen LogP contribution in [0.3, 0.4) is 0 Å². The van der Waals surface area contributed by atoms with Gasteiger partial charge in [0.15, 0.2) is 0 Å². The highest BCUT2D eigenvalue weighted by Crippen LogP contribution is 2.18. The zero-order chi connectivity index (χ0) is 15.2. The van der Waals surface area contributed by atoms with Crippen LogP contribution in [0.2, 0.25) is 0 Å². The van der Waals surface area contributed by atoms with Gasteiger partial charge in [0.1, 0.15) is 0 Å². The van der Waals surface area contributed by atoms with E-state index < -0.39 is 5.97 Å². The quantitative estimate of drug-likeness (QED) is 0.827. The van der Waals surface area contributed by atoms with Crippen molar-refractivity contribution in [3.05, 3.63) is 34.0 Å². The third kappa shape index (κ3) is 3.98. The zero-order valence-corrected chi connectivity index (χ0v) is 13.1. The molecule has 1 atom stereocenters. The number of nitrogens with zero attached hydrogens (tertiary/aromatic N) is 3. The molecule has 112 valence electrons. The van der Waals surface area contributed by atoms with E-state index in [9.17, 15) is 4.79 Å². The molecule has 0 aliphatic heterocycles. The Hall–Kier alpha value is -2.02. The van der Waals surface area contributed by atoms with Crippen molar-refractivity contribution in [2.75, 3.05) is 18.5 Å². The molecule has 2 rings (SSSR count). The van der Waals surface area contributed by atoms with E-state index in [2.05, 4.69) is 27.2 Å². The fraction of sp³-hybridized carbons (Fsp3) is 0.429. The van der Waals surface area contributed by atoms with Gasteiger partial charge in [-0.3, -0.25) is 0 Å². The maximum Gasteiger partial charge on any atom is 0.341 e. The summed E-state index contributed by atoms with van der Waals surface area (Å²) >= 11 is 1.63. The first-order valence-electron chi connectivity index (χ1n) is 6.75. The van der Waals surface area contributed by atoms with E-state index in [1.807, 2.05) is 5.38 Å². The fourth-order valence-corrected chi connectivity index (χ4v) is 2.47. The van der Waals surface area contributed by atoms with Gasteiger partial charge in [0.25, 0.3) is 0 Å². The maximum atomic E-state index is 11.7. The average molecular weight is 306 g/mol. The maximum absolute atomic E-state index is 11.7. The molecule has 21 heavy (non-hydrogen) atoms. The Bertz CT molecular complexity index is 601. The number of carbonyl (C=O) groups is 1. The number of ether oxygens (including phenoxy) is 1. The Labute approximate surface area is 127 Å². The standard InChI is InChI=1S/C14H18N4O2S/c1-4-20-13(19)11-8-17-14(18-10(11)3)16-7-9(2)12-15-5-6-21-12/h5-6,8-9H,4,7H2,1-3H3,(H,16,17,18). The summed E-state index contributed by atoms with van der Waals surface area (Å²) < 4.78 is 4.95. The van der Waals surface area contributed by atoms with Crippen LogP contribution in [0.5, 0.6) is 0 Å². The van der Waals surface area contributed by atoms with Gasteiger partial charge in [-0.05, 0) is 13.8 Å². The number of hydrogen-bond donors (Lipinski definition) is 1. The van der Waals surface area contributed by atoms with Crippen molar-refractivity contribution in [1.82, 2.24) is 15.0 Å². The number of rotatable bonds is 6. The minimum absolute atomic E-state index is 0.277. The molecule has 2 heterocycles. The summed E-state index contributed by atoms with van der Waals surface area (Å²) in [6, 6.07) is 0. The highest BCUT2D eigenvalue weighted by Gasteiger charge is 2.13. The number of esters is 1. The smallest absolute Gasteiger partial charge is 0.341 e. The van der Waals surface area contributed by atoms with E-state index >= 15 is 0 Å². The molecule has 0 aliphatic rings. The minimum atomic E-state index is -0.391. The van der Waals surface area contributed by atoms with E-state index in [1.165, 1.54) is 6.20 Å². The van der Waals surface area contributed by atoms with Crippen LogP contribution in [0.25, 0.3) is 0 Å². The largest absolute Gasteiger partial charge is 0.462 e. The summed E-state index contributed by atoms with van der Waals surface area (Å²) in [6.07, 6.45) is 3.29. The van der Waals surface area contributed by atoms with Crippen LogP contribution in [0.4, 0.5) is 5.95 Å². The van der Waals surface area contributed by atoms with Gasteiger partial charge in [0.05, 0.1) is 22.9 Å². The Morgan fingerprint density at radius 2 is 2.29 bits per heavy atom. The van der Waals surface area contributed by atoms with Crippen molar-refractivity contribution < 1.29 is 9.53 Å². The van der Waals surface area contributed by atoms with Gasteiger partial charge < -0.3 is 10.1 Å². The number of anilines is 1. The molecule has 7 heteroatoms. The lowest BCUT2D eigenvalue weighted by atomic mass is 10.2. The molecule has 0 aliphatic carbocycles. The van der Waals surface area contributed by atoms with Gasteiger partial charge in [-0.2, -0.15) is 0 Å². The highest BCUT2D eigenvalue weighted by atomic mass is 32.1. The molecule has 2 aromatic heterocycles. The molecule has 0 aromatic carbocycles. The molecule has 0 bridgehead atoms. The molecule has 2 aromatic rings. The third-order valence-corrected chi connectivity index (χ3v) is 3.92. The lowest BCUT2D eigenvalue weighted by molar-refractivity contribution is 0.0524. The van der Waals surface area contributed by atoms with Gasteiger partial charge in [0.2, 0.25) is 5.95 Å². The van der Waals surface area contributed by atoms with Crippen LogP contribution in [0.15, 0.2) is 17.8 Å². The molecule has 0 saturated carbocycles. The monoisotopic (exact) mass is 306 g/mol. The second-order valence-corrected chi connectivity index (χ2v) is 5.49. The topological polar surface area (TPSA) is 77.0 Å². The molecule has 1 unspecified atom stereocenters. The predicted octanol–water partition coefficient (Wildman–Crippen LogP) is 2.63. The summed E-state index contributed by atoms with van der Waals surface area (Å²) in [5, 5.41) is 6.19. The number of hydrogen-bond acceptors (Lipinski definition) is 7. The number of aryl methyl sites for hydroxylation is 1. The molecule has 0 fully saturated rings. The fourth-order valence-electron chi connectivity index (χ4n) is 1.77. The van der Waals surface area contributed by atoms with Crippen molar-refractivity contribution in [3.63, 3.8) is 0 Å². The number of thiazole rings is 1. The summed E-state index contributed by atoms with van der Waals surface area (Å²) in [4.78, 5) is 24.4. The molecule has 6 nitrogen and oxygen atoms in total. The Morgan fingerprint density at radius 1 is 1.48 bits per heavy atom. The summed E-state index contributed by atoms with van der Waals surface area (Å²) in [5.41, 5.74) is 1.00. The first-order chi connectivity index (χ1) is 10.1. The second-order valence-electron chi connectivity index (χ2n) is 4.57. The van der Waals surface area contributed by atoms with Crippen LogP contribution in [0, 0.1) is 6.92 Å². The summed E-state index contributed by atoms with van der Waals surface area (Å²) in [6.45, 7) is 6.65. The molecular formula is C14H18N4O2S. The van der Waals surface area contributed by atoms with Gasteiger partial charge >= 0.3 is 5.97 Å². The summed E-state index contributed by atoms with van der Waals surface area (Å²) in [7, 11) is 0. The van der Waals surface area contributed by atoms with Crippen LogP contribution < -0.4 is 5.32 Å². The van der Waals surface area contributed by atoms with Gasteiger partial charge in [-0.25, -0.2) is 19.7 Å². The zero-order valence-electron chi connectivity index (χ0n) is 12.3. The molecule has 0 saturated heterocycles. The van der Waals surface area contributed by atoms with Crippen molar-refractivity contribution in [1.29, 1.82) is 0 Å². The van der Waals surface area contributed by atoms with Crippen molar-refractivity contribution in [2.24, 2.45) is 0 Å². The Balaban J connectivity index is 1.98.